The average molecular weight is 430 g/mol. The monoisotopic (exact) mass is 429 g/mol. The molecule has 1 heterocycles. The molecule has 0 bridgehead atoms. The van der Waals surface area contributed by atoms with Crippen LogP contribution in [0, 0.1) is 13.8 Å². The van der Waals surface area contributed by atoms with E-state index in [-0.39, 0.29) is 18.6 Å². The fourth-order valence-electron chi connectivity index (χ4n) is 3.62. The highest BCUT2D eigenvalue weighted by Crippen LogP contribution is 2.25. The summed E-state index contributed by atoms with van der Waals surface area (Å²) >= 11 is 6.09. The molecule has 1 amide bonds. The summed E-state index contributed by atoms with van der Waals surface area (Å²) in [6.45, 7) is 9.24. The van der Waals surface area contributed by atoms with E-state index in [0.717, 1.165) is 35.3 Å². The summed E-state index contributed by atoms with van der Waals surface area (Å²) in [5.41, 5.74) is 4.27. The first-order chi connectivity index (χ1) is 14.4. The van der Waals surface area contributed by atoms with Crippen molar-refractivity contribution in [2.24, 2.45) is 0 Å². The number of hydrogen-bond acceptors (Lipinski definition) is 3. The van der Waals surface area contributed by atoms with Gasteiger partial charge in [0.1, 0.15) is 0 Å². The number of aryl methyl sites for hydroxylation is 1. The topological polar surface area (TPSA) is 67.2 Å². The number of rotatable bonds is 5. The number of aliphatic hydroxyl groups excluding tert-OH is 1. The molecule has 5 nitrogen and oxygen atoms in total. The van der Waals surface area contributed by atoms with Gasteiger partial charge in [-0.05, 0) is 63.5 Å². The number of hydrogen-bond donors (Lipinski definition) is 2. The van der Waals surface area contributed by atoms with Crippen molar-refractivity contribution in [3.63, 3.8) is 0 Å². The summed E-state index contributed by atoms with van der Waals surface area (Å²) in [5, 5.41) is 16.3. The van der Waals surface area contributed by atoms with Crippen LogP contribution in [0.2, 0.25) is 5.02 Å². The molecule has 6 heteroatoms. The van der Waals surface area contributed by atoms with E-state index in [9.17, 15) is 4.79 Å². The molecule has 2 aromatic rings. The van der Waals surface area contributed by atoms with Crippen molar-refractivity contribution >= 4 is 23.6 Å². The molecule has 1 saturated carbocycles. The van der Waals surface area contributed by atoms with Gasteiger partial charge >= 0.3 is 0 Å². The molecule has 0 atom stereocenters. The van der Waals surface area contributed by atoms with Crippen LogP contribution >= 0.6 is 11.6 Å². The number of nitrogens with zero attached hydrogens (tertiary/aromatic N) is 2. The second kappa shape index (κ2) is 11.7. The maximum atomic E-state index is 12.8. The van der Waals surface area contributed by atoms with Gasteiger partial charge in [0.05, 0.1) is 18.0 Å². The highest BCUT2D eigenvalue weighted by atomic mass is 35.5. The smallest absolute Gasteiger partial charge is 0.272 e. The number of amides is 1. The largest absolute Gasteiger partial charge is 0.392 e. The van der Waals surface area contributed by atoms with E-state index >= 15 is 0 Å². The van der Waals surface area contributed by atoms with Crippen molar-refractivity contribution in [2.75, 3.05) is 6.61 Å². The van der Waals surface area contributed by atoms with E-state index in [2.05, 4.69) is 17.0 Å². The molecule has 2 N–H and O–H groups in total. The zero-order valence-electron chi connectivity index (χ0n) is 18.1. The van der Waals surface area contributed by atoms with Crippen molar-refractivity contribution in [3.8, 4) is 5.69 Å². The van der Waals surface area contributed by atoms with Crippen LogP contribution in [0.3, 0.4) is 0 Å². The van der Waals surface area contributed by atoms with E-state index in [1.165, 1.54) is 25.3 Å². The molecule has 3 rings (SSSR count). The Morgan fingerprint density at radius 2 is 2.00 bits per heavy atom. The molecule has 1 aliphatic carbocycles. The maximum Gasteiger partial charge on any atom is 0.272 e. The molecular weight excluding hydrogens is 398 g/mol. The molecule has 1 aromatic carbocycles. The van der Waals surface area contributed by atoms with Crippen molar-refractivity contribution in [1.29, 1.82) is 0 Å². The van der Waals surface area contributed by atoms with Gasteiger partial charge in [-0.3, -0.25) is 4.79 Å². The summed E-state index contributed by atoms with van der Waals surface area (Å²) in [5.74, 6) is -0.0782. The van der Waals surface area contributed by atoms with Crippen molar-refractivity contribution in [2.45, 2.75) is 58.9 Å². The summed E-state index contributed by atoms with van der Waals surface area (Å²) in [7, 11) is 0. The van der Waals surface area contributed by atoms with Gasteiger partial charge in [-0.1, -0.05) is 43.0 Å². The maximum absolute atomic E-state index is 12.8. The van der Waals surface area contributed by atoms with Crippen LogP contribution in [0.4, 0.5) is 0 Å². The van der Waals surface area contributed by atoms with Gasteiger partial charge in [-0.2, -0.15) is 5.10 Å². The minimum absolute atomic E-state index is 0.0782. The third-order valence-corrected chi connectivity index (χ3v) is 5.40. The molecule has 1 aromatic heterocycles. The molecule has 0 unspecified atom stereocenters. The SMILES string of the molecule is C/C=C/c1c(C)c(C(=O)NC2CCCCC2)nn1-c1ccc(Cl)cc1C.C=CCO. The third-order valence-electron chi connectivity index (χ3n) is 5.16. The fourth-order valence-corrected chi connectivity index (χ4v) is 3.85. The zero-order chi connectivity index (χ0) is 22.1. The molecule has 30 heavy (non-hydrogen) atoms. The average Bonchev–Trinajstić information content (AvgIpc) is 3.05. The van der Waals surface area contributed by atoms with Gasteiger partial charge in [0, 0.05) is 16.6 Å². The van der Waals surface area contributed by atoms with Crippen LogP contribution in [0.25, 0.3) is 11.8 Å². The lowest BCUT2D eigenvalue weighted by Gasteiger charge is -2.22. The van der Waals surface area contributed by atoms with E-state index in [0.29, 0.717) is 10.7 Å². The Balaban J connectivity index is 0.000000735. The number of nitrogens with one attached hydrogen (secondary N) is 1. The molecule has 0 spiro atoms. The van der Waals surface area contributed by atoms with Crippen molar-refractivity contribution in [1.82, 2.24) is 15.1 Å². The summed E-state index contributed by atoms with van der Waals surface area (Å²) < 4.78 is 1.84. The molecule has 0 aliphatic heterocycles. The molecule has 1 fully saturated rings. The Morgan fingerprint density at radius 3 is 2.57 bits per heavy atom. The number of benzene rings is 1. The molecule has 0 saturated heterocycles. The number of halogens is 1. The first-order valence-corrected chi connectivity index (χ1v) is 10.8. The summed E-state index contributed by atoms with van der Waals surface area (Å²) in [6.07, 6.45) is 11.1. The molecular formula is C24H32ClN3O2. The van der Waals surface area contributed by atoms with Gasteiger partial charge < -0.3 is 10.4 Å². The number of carbonyl (C=O) groups excluding carboxylic acids is 1. The summed E-state index contributed by atoms with van der Waals surface area (Å²) in [6, 6.07) is 5.97. The standard InChI is InChI=1S/C21H26ClN3O.C3H6O/c1-4-8-19-15(3)20(21(26)23-17-9-6-5-7-10-17)24-25(19)18-12-11-16(22)13-14(18)2;1-2-3-4/h4,8,11-13,17H,5-7,9-10H2,1-3H3,(H,23,26);2,4H,1,3H2/b8-4+;. The Morgan fingerprint density at radius 1 is 1.33 bits per heavy atom. The quantitative estimate of drug-likeness (QED) is 0.625. The summed E-state index contributed by atoms with van der Waals surface area (Å²) in [4.78, 5) is 12.8. The highest BCUT2D eigenvalue weighted by molar-refractivity contribution is 6.30. The molecule has 0 radical (unpaired) electrons. The fraction of sp³-hybridized carbons (Fsp3) is 0.417. The third kappa shape index (κ3) is 6.07. The zero-order valence-corrected chi connectivity index (χ0v) is 18.9. The van der Waals surface area contributed by atoms with Gasteiger partial charge in [-0.25, -0.2) is 4.68 Å². The lowest BCUT2D eigenvalue weighted by atomic mass is 9.95. The Labute approximate surface area is 184 Å². The van der Waals surface area contributed by atoms with Crippen molar-refractivity contribution in [3.05, 3.63) is 64.5 Å². The lowest BCUT2D eigenvalue weighted by molar-refractivity contribution is 0.0921. The van der Waals surface area contributed by atoms with Crippen LogP contribution in [-0.2, 0) is 0 Å². The predicted molar refractivity (Wildman–Crippen MR) is 124 cm³/mol. The van der Waals surface area contributed by atoms with E-state index in [1.807, 2.05) is 55.8 Å². The molecule has 1 aliphatic rings. The normalized spacial score (nSPS) is 14.3. The van der Waals surface area contributed by atoms with Gasteiger partial charge in [0.25, 0.3) is 5.91 Å². The van der Waals surface area contributed by atoms with Crippen LogP contribution < -0.4 is 5.32 Å². The first-order valence-electron chi connectivity index (χ1n) is 10.4. The Bertz CT molecular complexity index is 896. The lowest BCUT2D eigenvalue weighted by Crippen LogP contribution is -2.36. The second-order valence-electron chi connectivity index (χ2n) is 7.48. The Kier molecular flexibility index (Phi) is 9.34. The highest BCUT2D eigenvalue weighted by Gasteiger charge is 2.23. The minimum Gasteiger partial charge on any atom is -0.392 e. The van der Waals surface area contributed by atoms with Gasteiger partial charge in [0.15, 0.2) is 5.69 Å². The van der Waals surface area contributed by atoms with E-state index in [4.69, 9.17) is 16.7 Å². The van der Waals surface area contributed by atoms with E-state index in [1.54, 1.807) is 0 Å². The van der Waals surface area contributed by atoms with E-state index < -0.39 is 0 Å². The molecule has 162 valence electrons. The van der Waals surface area contributed by atoms with Gasteiger partial charge in [0.2, 0.25) is 0 Å². The number of allylic oxidation sites excluding steroid dienone is 1. The Hall–Kier alpha value is -2.37. The predicted octanol–water partition coefficient (Wildman–Crippen LogP) is 5.40. The number of carbonyl (C=O) groups is 1. The minimum atomic E-state index is -0.0782. The number of aromatic nitrogens is 2. The van der Waals surface area contributed by atoms with Crippen LogP contribution in [0.1, 0.15) is 66.3 Å². The first kappa shape index (κ1) is 23.9. The number of aliphatic hydroxyl groups is 1. The van der Waals surface area contributed by atoms with Crippen LogP contribution in [-0.4, -0.2) is 33.4 Å². The van der Waals surface area contributed by atoms with Crippen molar-refractivity contribution < 1.29 is 9.90 Å². The van der Waals surface area contributed by atoms with Crippen LogP contribution in [0.15, 0.2) is 36.9 Å². The van der Waals surface area contributed by atoms with Crippen LogP contribution in [0.5, 0.6) is 0 Å². The van der Waals surface area contributed by atoms with Gasteiger partial charge in [-0.15, -0.1) is 6.58 Å². The second-order valence-corrected chi connectivity index (χ2v) is 7.92.